The molecule has 0 fully saturated rings. The molecule has 52 valence electrons. The third kappa shape index (κ3) is 4.36. The highest BCUT2D eigenvalue weighted by molar-refractivity contribution is 8.33. The second kappa shape index (κ2) is 3.80. The van der Waals surface area contributed by atoms with Gasteiger partial charge < -0.3 is 0 Å². The highest BCUT2D eigenvalue weighted by Crippen LogP contribution is 1.90. The molecule has 0 saturated heterocycles. The molecule has 0 bridgehead atoms. The van der Waals surface area contributed by atoms with Gasteiger partial charge in [0, 0.05) is 20.0 Å². The molecule has 1 nitrogen and oxygen atoms in total. The first-order valence-corrected chi connectivity index (χ1v) is 5.37. The van der Waals surface area contributed by atoms with Crippen LogP contribution in [-0.4, -0.2) is 15.7 Å². The summed E-state index contributed by atoms with van der Waals surface area (Å²) in [7, 11) is -2.08. The molecule has 0 aromatic rings. The second-order valence-corrected chi connectivity index (χ2v) is 5.63. The van der Waals surface area contributed by atoms with Crippen molar-refractivity contribution >= 4 is 19.7 Å². The van der Waals surface area contributed by atoms with Crippen LogP contribution < -0.4 is 0 Å². The molecule has 0 N–H and O–H groups in total. The van der Waals surface area contributed by atoms with E-state index in [0.717, 1.165) is 0 Å². The van der Waals surface area contributed by atoms with Gasteiger partial charge in [-0.15, -0.1) is 13.2 Å². The second-order valence-electron chi connectivity index (χ2n) is 1.65. The van der Waals surface area contributed by atoms with Crippen molar-refractivity contribution in [3.05, 3.63) is 25.3 Å². The van der Waals surface area contributed by atoms with Crippen molar-refractivity contribution < 1.29 is 4.21 Å². The minimum absolute atomic E-state index is 0.411. The van der Waals surface area contributed by atoms with Gasteiger partial charge in [-0.05, 0) is 11.2 Å². The van der Waals surface area contributed by atoms with E-state index in [1.165, 1.54) is 0 Å². The average molecular weight is 162 g/mol. The normalized spacial score (nSPS) is 10.7. The molecule has 0 amide bonds. The van der Waals surface area contributed by atoms with Crippen LogP contribution in [0.4, 0.5) is 0 Å². The van der Waals surface area contributed by atoms with Crippen molar-refractivity contribution in [2.75, 3.05) is 11.5 Å². The lowest BCUT2D eigenvalue weighted by molar-refractivity contribution is 0.685. The van der Waals surface area contributed by atoms with Crippen molar-refractivity contribution in [3.8, 4) is 0 Å². The Kier molecular flexibility index (Phi) is 3.73. The fourth-order valence-electron chi connectivity index (χ4n) is 0.427. The molecule has 0 radical (unpaired) electrons. The summed E-state index contributed by atoms with van der Waals surface area (Å²) in [5, 5.41) is 0. The van der Waals surface area contributed by atoms with Gasteiger partial charge in [0.1, 0.15) is 0 Å². The Morgan fingerprint density at radius 2 is 1.67 bits per heavy atom. The van der Waals surface area contributed by atoms with Gasteiger partial charge in [-0.2, -0.15) is 0 Å². The van der Waals surface area contributed by atoms with Gasteiger partial charge in [0.15, 0.2) is 0 Å². The van der Waals surface area contributed by atoms with Gasteiger partial charge in [-0.3, -0.25) is 4.21 Å². The summed E-state index contributed by atoms with van der Waals surface area (Å²) in [5.41, 5.74) is 0. The largest absolute Gasteiger partial charge is 0.256 e. The number of hydrogen-bond donors (Lipinski definition) is 0. The van der Waals surface area contributed by atoms with Gasteiger partial charge in [-0.25, -0.2) is 0 Å². The van der Waals surface area contributed by atoms with E-state index >= 15 is 0 Å². The van der Waals surface area contributed by atoms with Gasteiger partial charge in [0.2, 0.25) is 0 Å². The molecule has 9 heavy (non-hydrogen) atoms. The lowest BCUT2D eigenvalue weighted by Gasteiger charge is -1.96. The molecule has 0 aliphatic carbocycles. The summed E-state index contributed by atoms with van der Waals surface area (Å²) in [6.07, 6.45) is 3.16. The predicted octanol–water partition coefficient (Wildman–Crippen LogP) is 1.10. The molecule has 0 unspecified atom stereocenters. The molecule has 0 rings (SSSR count). The van der Waals surface area contributed by atoms with Gasteiger partial charge in [-0.1, -0.05) is 12.2 Å². The molecule has 0 spiro atoms. The predicted molar refractivity (Wildman–Crippen MR) is 45.6 cm³/mol. The molecule has 0 atom stereocenters. The molecule has 0 heterocycles. The Bertz CT molecular complexity index is 173. The summed E-state index contributed by atoms with van der Waals surface area (Å²) in [6, 6.07) is 0. The first kappa shape index (κ1) is 8.85. The van der Waals surface area contributed by atoms with Crippen molar-refractivity contribution in [1.29, 1.82) is 0 Å². The lowest BCUT2D eigenvalue weighted by Crippen LogP contribution is -2.04. The van der Waals surface area contributed by atoms with Gasteiger partial charge in [0.25, 0.3) is 0 Å². The minimum atomic E-state index is -2.08. The molecular weight excluding hydrogens is 152 g/mol. The highest BCUT2D eigenvalue weighted by atomic mass is 32.8. The summed E-state index contributed by atoms with van der Waals surface area (Å²) in [4.78, 5) is 0. The Balaban J connectivity index is 4.03. The van der Waals surface area contributed by atoms with E-state index in [1.807, 2.05) is 0 Å². The van der Waals surface area contributed by atoms with Crippen LogP contribution in [-0.2, 0) is 19.7 Å². The van der Waals surface area contributed by atoms with E-state index in [1.54, 1.807) is 12.2 Å². The maximum Gasteiger partial charge on any atom is 0.0439 e. The van der Waals surface area contributed by atoms with Crippen LogP contribution >= 0.6 is 0 Å². The zero-order chi connectivity index (χ0) is 7.33. The van der Waals surface area contributed by atoms with Crippen LogP contribution in [0.3, 0.4) is 0 Å². The van der Waals surface area contributed by atoms with Crippen LogP contribution in [0.2, 0.25) is 0 Å². The summed E-state index contributed by atoms with van der Waals surface area (Å²) >= 11 is 4.73. The van der Waals surface area contributed by atoms with E-state index in [4.69, 9.17) is 11.2 Å². The first-order chi connectivity index (χ1) is 4.12. The van der Waals surface area contributed by atoms with Crippen molar-refractivity contribution in [3.63, 3.8) is 0 Å². The standard InChI is InChI=1S/C6H10OS2/c1-3-5-9(7,8)6-4-2/h3-4H,1-2,5-6H2. The lowest BCUT2D eigenvalue weighted by atomic mass is 10.8. The minimum Gasteiger partial charge on any atom is -0.256 e. The fraction of sp³-hybridized carbons (Fsp3) is 0.333. The Hall–Kier alpha value is -0.150. The third-order valence-electron chi connectivity index (χ3n) is 0.744. The highest BCUT2D eigenvalue weighted by Gasteiger charge is 1.97. The number of rotatable bonds is 4. The third-order valence-corrected chi connectivity index (χ3v) is 3.05. The van der Waals surface area contributed by atoms with Crippen molar-refractivity contribution in [1.82, 2.24) is 0 Å². The summed E-state index contributed by atoms with van der Waals surface area (Å²) in [6.45, 7) is 6.90. The average Bonchev–Trinajstić information content (AvgIpc) is 1.64. The fourth-order valence-corrected chi connectivity index (χ4v) is 1.86. The zero-order valence-corrected chi connectivity index (χ0v) is 6.84. The number of hydrogen-bond acceptors (Lipinski definition) is 2. The molecule has 0 saturated carbocycles. The van der Waals surface area contributed by atoms with E-state index in [2.05, 4.69) is 13.2 Å². The Morgan fingerprint density at radius 3 is 1.89 bits per heavy atom. The molecule has 0 aliphatic rings. The summed E-state index contributed by atoms with van der Waals surface area (Å²) in [5.74, 6) is 0.822. The maximum atomic E-state index is 11.1. The summed E-state index contributed by atoms with van der Waals surface area (Å²) < 4.78 is 11.1. The van der Waals surface area contributed by atoms with Crippen LogP contribution in [0, 0.1) is 0 Å². The molecule has 0 aromatic carbocycles. The molecule has 0 aliphatic heterocycles. The monoisotopic (exact) mass is 162 g/mol. The molecular formula is C6H10OS2. The first-order valence-electron chi connectivity index (χ1n) is 2.54. The maximum absolute atomic E-state index is 11.1. The van der Waals surface area contributed by atoms with Crippen LogP contribution in [0.25, 0.3) is 0 Å². The van der Waals surface area contributed by atoms with E-state index < -0.39 is 8.49 Å². The van der Waals surface area contributed by atoms with Gasteiger partial charge >= 0.3 is 0 Å². The smallest absolute Gasteiger partial charge is 0.0439 e. The van der Waals surface area contributed by atoms with Crippen LogP contribution in [0.15, 0.2) is 25.3 Å². The van der Waals surface area contributed by atoms with Crippen LogP contribution in [0.5, 0.6) is 0 Å². The quantitative estimate of drug-likeness (QED) is 0.576. The van der Waals surface area contributed by atoms with Gasteiger partial charge in [0.05, 0.1) is 0 Å². The Labute approximate surface area is 61.1 Å². The Morgan fingerprint density at radius 1 is 1.33 bits per heavy atom. The van der Waals surface area contributed by atoms with E-state index in [-0.39, 0.29) is 0 Å². The zero-order valence-electron chi connectivity index (χ0n) is 5.21. The SMILES string of the molecule is C=CCS(=O)(=S)CC=C. The van der Waals surface area contributed by atoms with Crippen LogP contribution in [0.1, 0.15) is 0 Å². The topological polar surface area (TPSA) is 17.1 Å². The molecule has 0 aromatic heterocycles. The van der Waals surface area contributed by atoms with E-state index in [9.17, 15) is 4.21 Å². The van der Waals surface area contributed by atoms with Crippen molar-refractivity contribution in [2.24, 2.45) is 0 Å². The molecule has 3 heteroatoms. The van der Waals surface area contributed by atoms with Crippen molar-refractivity contribution in [2.45, 2.75) is 0 Å². The van der Waals surface area contributed by atoms with E-state index in [0.29, 0.717) is 11.5 Å².